The van der Waals surface area contributed by atoms with Crippen molar-refractivity contribution in [2.24, 2.45) is 5.92 Å². The molecular weight excluding hydrogens is 242 g/mol. The zero-order chi connectivity index (χ0) is 14.4. The molecule has 0 saturated heterocycles. The summed E-state index contributed by atoms with van der Waals surface area (Å²) >= 11 is 0. The second-order valence-electron chi connectivity index (χ2n) is 5.87. The summed E-state index contributed by atoms with van der Waals surface area (Å²) in [5, 5.41) is 6.26. The SMILES string of the molecule is CCNCCC(C)CCc1ccc(C)c2ccccc12. The van der Waals surface area contributed by atoms with Crippen LogP contribution in [-0.2, 0) is 6.42 Å². The molecule has 0 saturated carbocycles. The van der Waals surface area contributed by atoms with Crippen LogP contribution in [0.5, 0.6) is 0 Å². The summed E-state index contributed by atoms with van der Waals surface area (Å²) in [6, 6.07) is 13.4. The van der Waals surface area contributed by atoms with Gasteiger partial charge in [-0.15, -0.1) is 0 Å². The molecule has 2 aromatic rings. The molecule has 0 aromatic heterocycles. The molecule has 108 valence electrons. The number of hydrogen-bond acceptors (Lipinski definition) is 1. The van der Waals surface area contributed by atoms with Gasteiger partial charge < -0.3 is 5.32 Å². The Labute approximate surface area is 123 Å². The predicted octanol–water partition coefficient (Wildman–Crippen LogP) is 4.72. The lowest BCUT2D eigenvalue weighted by Crippen LogP contribution is -2.16. The van der Waals surface area contributed by atoms with E-state index in [1.54, 1.807) is 0 Å². The molecule has 20 heavy (non-hydrogen) atoms. The minimum absolute atomic E-state index is 0.786. The van der Waals surface area contributed by atoms with Gasteiger partial charge in [-0.3, -0.25) is 0 Å². The van der Waals surface area contributed by atoms with Crippen LogP contribution in [0.2, 0.25) is 0 Å². The van der Waals surface area contributed by atoms with Crippen molar-refractivity contribution in [1.82, 2.24) is 5.32 Å². The summed E-state index contributed by atoms with van der Waals surface area (Å²) in [7, 11) is 0. The molecule has 0 spiro atoms. The number of benzene rings is 2. The standard InChI is InChI=1S/C19H27N/c1-4-20-14-13-15(2)9-11-17-12-10-16(3)18-7-5-6-8-19(17)18/h5-8,10,12,15,20H,4,9,11,13-14H2,1-3H3. The molecule has 2 rings (SSSR count). The summed E-state index contributed by atoms with van der Waals surface area (Å²) < 4.78 is 0. The van der Waals surface area contributed by atoms with E-state index in [0.717, 1.165) is 19.0 Å². The molecule has 0 aliphatic heterocycles. The first-order valence-electron chi connectivity index (χ1n) is 7.90. The zero-order valence-corrected chi connectivity index (χ0v) is 13.1. The van der Waals surface area contributed by atoms with Crippen LogP contribution in [0.4, 0.5) is 0 Å². The highest BCUT2D eigenvalue weighted by atomic mass is 14.8. The van der Waals surface area contributed by atoms with Crippen LogP contribution in [0.15, 0.2) is 36.4 Å². The van der Waals surface area contributed by atoms with Crippen molar-refractivity contribution in [3.63, 3.8) is 0 Å². The third-order valence-corrected chi connectivity index (χ3v) is 4.20. The molecule has 1 atom stereocenters. The van der Waals surface area contributed by atoms with Crippen LogP contribution in [0.1, 0.15) is 37.8 Å². The third kappa shape index (κ3) is 3.83. The molecule has 1 N–H and O–H groups in total. The van der Waals surface area contributed by atoms with E-state index in [9.17, 15) is 0 Å². The fraction of sp³-hybridized carbons (Fsp3) is 0.474. The molecule has 0 bridgehead atoms. The lowest BCUT2D eigenvalue weighted by molar-refractivity contribution is 0.475. The van der Waals surface area contributed by atoms with Gasteiger partial charge in [0, 0.05) is 0 Å². The number of fused-ring (bicyclic) bond motifs is 1. The maximum absolute atomic E-state index is 3.41. The van der Waals surface area contributed by atoms with E-state index in [1.807, 2.05) is 0 Å². The van der Waals surface area contributed by atoms with Crippen LogP contribution in [0.3, 0.4) is 0 Å². The monoisotopic (exact) mass is 269 g/mol. The second-order valence-corrected chi connectivity index (χ2v) is 5.87. The van der Waals surface area contributed by atoms with Crippen LogP contribution < -0.4 is 5.32 Å². The Morgan fingerprint density at radius 1 is 1.00 bits per heavy atom. The average Bonchev–Trinajstić information content (AvgIpc) is 2.47. The number of rotatable bonds is 7. The van der Waals surface area contributed by atoms with Crippen LogP contribution in [0, 0.1) is 12.8 Å². The van der Waals surface area contributed by atoms with E-state index in [-0.39, 0.29) is 0 Å². The summed E-state index contributed by atoms with van der Waals surface area (Å²) in [5.74, 6) is 0.786. The average molecular weight is 269 g/mol. The van der Waals surface area contributed by atoms with Crippen molar-refractivity contribution >= 4 is 10.8 Å². The highest BCUT2D eigenvalue weighted by Gasteiger charge is 2.06. The summed E-state index contributed by atoms with van der Waals surface area (Å²) in [6.45, 7) is 8.96. The highest BCUT2D eigenvalue weighted by molar-refractivity contribution is 5.88. The smallest absolute Gasteiger partial charge is 0.00465 e. The van der Waals surface area contributed by atoms with Gasteiger partial charge in [-0.2, -0.15) is 0 Å². The number of hydrogen-bond donors (Lipinski definition) is 1. The van der Waals surface area contributed by atoms with E-state index < -0.39 is 0 Å². The Bertz CT molecular complexity index is 544. The van der Waals surface area contributed by atoms with Gasteiger partial charge in [-0.25, -0.2) is 0 Å². The van der Waals surface area contributed by atoms with Crippen LogP contribution in [-0.4, -0.2) is 13.1 Å². The lowest BCUT2D eigenvalue weighted by atomic mass is 9.93. The Hall–Kier alpha value is -1.34. The fourth-order valence-corrected chi connectivity index (χ4v) is 2.80. The van der Waals surface area contributed by atoms with Gasteiger partial charge in [-0.05, 0) is 67.1 Å². The van der Waals surface area contributed by atoms with Crippen molar-refractivity contribution in [3.05, 3.63) is 47.5 Å². The number of nitrogens with one attached hydrogen (secondary N) is 1. The van der Waals surface area contributed by atoms with Gasteiger partial charge in [0.2, 0.25) is 0 Å². The minimum atomic E-state index is 0.786. The quantitative estimate of drug-likeness (QED) is 0.717. The summed E-state index contributed by atoms with van der Waals surface area (Å²) in [5.41, 5.74) is 2.88. The maximum Gasteiger partial charge on any atom is -0.00465 e. The Morgan fingerprint density at radius 3 is 2.50 bits per heavy atom. The molecule has 1 unspecified atom stereocenters. The van der Waals surface area contributed by atoms with Gasteiger partial charge in [0.1, 0.15) is 0 Å². The third-order valence-electron chi connectivity index (χ3n) is 4.20. The molecule has 0 heterocycles. The molecule has 0 aliphatic carbocycles. The first kappa shape index (κ1) is 15.1. The van der Waals surface area contributed by atoms with E-state index in [2.05, 4.69) is 62.5 Å². The first-order valence-corrected chi connectivity index (χ1v) is 7.90. The lowest BCUT2D eigenvalue weighted by Gasteiger charge is -2.13. The molecular formula is C19H27N. The minimum Gasteiger partial charge on any atom is -0.317 e. The Kier molecular flexibility index (Phi) is 5.60. The van der Waals surface area contributed by atoms with Crippen molar-refractivity contribution in [2.45, 2.75) is 40.0 Å². The summed E-state index contributed by atoms with van der Waals surface area (Å²) in [6.07, 6.45) is 3.74. The highest BCUT2D eigenvalue weighted by Crippen LogP contribution is 2.24. The Morgan fingerprint density at radius 2 is 1.75 bits per heavy atom. The van der Waals surface area contributed by atoms with Gasteiger partial charge in [0.15, 0.2) is 0 Å². The normalized spacial score (nSPS) is 12.8. The Balaban J connectivity index is 2.01. The summed E-state index contributed by atoms with van der Waals surface area (Å²) in [4.78, 5) is 0. The fourth-order valence-electron chi connectivity index (χ4n) is 2.80. The number of aryl methyl sites for hydroxylation is 2. The van der Waals surface area contributed by atoms with Crippen molar-refractivity contribution in [3.8, 4) is 0 Å². The predicted molar refractivity (Wildman–Crippen MR) is 89.3 cm³/mol. The van der Waals surface area contributed by atoms with E-state index in [0.29, 0.717) is 0 Å². The molecule has 0 radical (unpaired) electrons. The first-order chi connectivity index (χ1) is 9.72. The zero-order valence-electron chi connectivity index (χ0n) is 13.1. The van der Waals surface area contributed by atoms with Gasteiger partial charge in [0.05, 0.1) is 0 Å². The largest absolute Gasteiger partial charge is 0.317 e. The van der Waals surface area contributed by atoms with E-state index >= 15 is 0 Å². The molecule has 0 amide bonds. The van der Waals surface area contributed by atoms with Crippen molar-refractivity contribution in [1.29, 1.82) is 0 Å². The van der Waals surface area contributed by atoms with Crippen molar-refractivity contribution in [2.75, 3.05) is 13.1 Å². The maximum atomic E-state index is 3.41. The second kappa shape index (κ2) is 7.44. The van der Waals surface area contributed by atoms with Crippen molar-refractivity contribution < 1.29 is 0 Å². The van der Waals surface area contributed by atoms with Gasteiger partial charge >= 0.3 is 0 Å². The topological polar surface area (TPSA) is 12.0 Å². The molecule has 1 heteroatoms. The molecule has 0 fully saturated rings. The van der Waals surface area contributed by atoms with Crippen LogP contribution >= 0.6 is 0 Å². The molecule has 1 nitrogen and oxygen atoms in total. The van der Waals surface area contributed by atoms with Gasteiger partial charge in [0.25, 0.3) is 0 Å². The molecule has 0 aliphatic rings. The van der Waals surface area contributed by atoms with E-state index in [1.165, 1.54) is 41.2 Å². The van der Waals surface area contributed by atoms with Gasteiger partial charge in [-0.1, -0.05) is 50.2 Å². The molecule has 2 aromatic carbocycles. The van der Waals surface area contributed by atoms with Crippen LogP contribution in [0.25, 0.3) is 10.8 Å². The van der Waals surface area contributed by atoms with E-state index in [4.69, 9.17) is 0 Å².